The smallest absolute Gasteiger partial charge is 0.158 e. The van der Waals surface area contributed by atoms with E-state index in [0.717, 1.165) is 12.4 Å². The van der Waals surface area contributed by atoms with E-state index < -0.39 is 0 Å². The Labute approximate surface area is 106 Å². The summed E-state index contributed by atoms with van der Waals surface area (Å²) >= 11 is 1.91. The summed E-state index contributed by atoms with van der Waals surface area (Å²) in [6, 6.07) is 1.76. The Balaban J connectivity index is 2.00. The molecule has 1 saturated carbocycles. The highest BCUT2D eigenvalue weighted by molar-refractivity contribution is 8.00. The Bertz CT molecular complexity index is 395. The molecule has 1 aromatic heterocycles. The highest BCUT2D eigenvalue weighted by Crippen LogP contribution is 2.46. The van der Waals surface area contributed by atoms with E-state index in [-0.39, 0.29) is 0 Å². The van der Waals surface area contributed by atoms with Gasteiger partial charge < -0.3 is 15.8 Å². The number of nitrogens with one attached hydrogen (secondary N) is 1. The minimum Gasteiger partial charge on any atom is -0.384 e. The number of nitrogens with two attached hydrogens (primary N) is 1. The third-order valence-electron chi connectivity index (χ3n) is 2.90. The van der Waals surface area contributed by atoms with E-state index in [2.05, 4.69) is 21.5 Å². The lowest BCUT2D eigenvalue weighted by Gasteiger charge is -2.14. The molecule has 1 aliphatic rings. The molecular weight excluding hydrogens is 236 g/mol. The van der Waals surface area contributed by atoms with Crippen LogP contribution in [0.5, 0.6) is 0 Å². The lowest BCUT2D eigenvalue weighted by atomic mass is 10.4. The van der Waals surface area contributed by atoms with Crippen LogP contribution in [-0.4, -0.2) is 34.6 Å². The molecule has 1 heterocycles. The van der Waals surface area contributed by atoms with Gasteiger partial charge in [0.25, 0.3) is 0 Å². The number of ether oxygens (including phenoxy) is 1. The summed E-state index contributed by atoms with van der Waals surface area (Å²) < 4.78 is 5.41. The number of thioether (sulfide) groups is 1. The van der Waals surface area contributed by atoms with Gasteiger partial charge in [0.2, 0.25) is 0 Å². The second kappa shape index (κ2) is 5.10. The molecule has 0 radical (unpaired) electrons. The Hall–Kier alpha value is -1.01. The topological polar surface area (TPSA) is 73.1 Å². The average molecular weight is 254 g/mol. The van der Waals surface area contributed by atoms with Crippen LogP contribution in [0.1, 0.15) is 18.7 Å². The molecule has 5 nitrogen and oxygen atoms in total. The fourth-order valence-corrected chi connectivity index (χ4v) is 2.37. The lowest BCUT2D eigenvalue weighted by Crippen LogP contribution is -2.18. The SMILES string of the molecule is COCc1nc(N)cc(NCC2(SC)CC2)n1. The standard InChI is InChI=1S/C11H18N4OS/c1-16-6-10-14-8(12)5-9(15-10)13-7-11(17-2)3-4-11/h5H,3-4,6-7H2,1-2H3,(H3,12,13,14,15). The molecule has 1 aliphatic carbocycles. The number of rotatable bonds is 6. The Kier molecular flexibility index (Phi) is 3.73. The lowest BCUT2D eigenvalue weighted by molar-refractivity contribution is 0.178. The van der Waals surface area contributed by atoms with Crippen LogP contribution in [0.3, 0.4) is 0 Å². The summed E-state index contributed by atoms with van der Waals surface area (Å²) in [4.78, 5) is 8.45. The van der Waals surface area contributed by atoms with Crippen LogP contribution in [0.25, 0.3) is 0 Å². The van der Waals surface area contributed by atoms with Crippen LogP contribution < -0.4 is 11.1 Å². The molecule has 0 spiro atoms. The highest BCUT2D eigenvalue weighted by Gasteiger charge is 2.41. The second-order valence-corrected chi connectivity index (χ2v) is 5.54. The van der Waals surface area contributed by atoms with Gasteiger partial charge in [-0.05, 0) is 19.1 Å². The van der Waals surface area contributed by atoms with E-state index in [0.29, 0.717) is 23.0 Å². The van der Waals surface area contributed by atoms with Crippen molar-refractivity contribution >= 4 is 23.4 Å². The van der Waals surface area contributed by atoms with Crippen molar-refractivity contribution in [1.82, 2.24) is 9.97 Å². The first-order valence-electron chi connectivity index (χ1n) is 5.59. The molecule has 0 amide bonds. The largest absolute Gasteiger partial charge is 0.384 e. The van der Waals surface area contributed by atoms with Crippen LogP contribution in [0.4, 0.5) is 11.6 Å². The zero-order valence-corrected chi connectivity index (χ0v) is 11.0. The fraction of sp³-hybridized carbons (Fsp3) is 0.636. The van der Waals surface area contributed by atoms with Gasteiger partial charge in [-0.2, -0.15) is 11.8 Å². The van der Waals surface area contributed by atoms with Crippen LogP contribution in [0, 0.1) is 0 Å². The molecule has 17 heavy (non-hydrogen) atoms. The predicted octanol–water partition coefficient (Wildman–Crippen LogP) is 1.51. The summed E-state index contributed by atoms with van der Waals surface area (Å²) in [5.41, 5.74) is 5.73. The summed E-state index contributed by atoms with van der Waals surface area (Å²) in [5, 5.41) is 3.33. The Morgan fingerprint density at radius 2 is 2.29 bits per heavy atom. The van der Waals surface area contributed by atoms with E-state index >= 15 is 0 Å². The zero-order valence-electron chi connectivity index (χ0n) is 10.2. The van der Waals surface area contributed by atoms with Gasteiger partial charge in [-0.1, -0.05) is 0 Å². The van der Waals surface area contributed by atoms with Crippen molar-refractivity contribution in [3.8, 4) is 0 Å². The maximum absolute atomic E-state index is 5.73. The molecule has 1 aromatic rings. The summed E-state index contributed by atoms with van der Waals surface area (Å²) in [5.74, 6) is 1.87. The normalized spacial score (nSPS) is 16.8. The number of nitrogens with zero attached hydrogens (tertiary/aromatic N) is 2. The first-order chi connectivity index (χ1) is 8.17. The van der Waals surface area contributed by atoms with Gasteiger partial charge in [-0.15, -0.1) is 0 Å². The average Bonchev–Trinajstić information content (AvgIpc) is 3.07. The van der Waals surface area contributed by atoms with Gasteiger partial charge in [-0.25, -0.2) is 9.97 Å². The van der Waals surface area contributed by atoms with Crippen LogP contribution >= 0.6 is 11.8 Å². The number of hydrogen-bond acceptors (Lipinski definition) is 6. The molecule has 0 bridgehead atoms. The first kappa shape index (κ1) is 12.4. The number of hydrogen-bond donors (Lipinski definition) is 2. The fourth-order valence-electron chi connectivity index (χ4n) is 1.65. The van der Waals surface area contributed by atoms with E-state index in [1.54, 1.807) is 13.2 Å². The van der Waals surface area contributed by atoms with Crippen LogP contribution in [-0.2, 0) is 11.3 Å². The number of methoxy groups -OCH3 is 1. The van der Waals surface area contributed by atoms with E-state index in [9.17, 15) is 0 Å². The molecule has 0 aromatic carbocycles. The third kappa shape index (κ3) is 3.23. The van der Waals surface area contributed by atoms with Gasteiger partial charge in [0.05, 0.1) is 0 Å². The molecule has 0 saturated heterocycles. The maximum Gasteiger partial charge on any atom is 0.158 e. The molecular formula is C11H18N4OS. The molecule has 3 N–H and O–H groups in total. The van der Waals surface area contributed by atoms with Crippen molar-refractivity contribution in [1.29, 1.82) is 0 Å². The maximum atomic E-state index is 5.73. The third-order valence-corrected chi connectivity index (χ3v) is 4.32. The van der Waals surface area contributed by atoms with Crippen molar-refractivity contribution in [2.75, 3.05) is 31.0 Å². The number of aromatic nitrogens is 2. The van der Waals surface area contributed by atoms with Crippen molar-refractivity contribution in [3.63, 3.8) is 0 Å². The van der Waals surface area contributed by atoms with E-state index in [1.165, 1.54) is 12.8 Å². The van der Waals surface area contributed by atoms with Gasteiger partial charge in [0, 0.05) is 24.5 Å². The molecule has 1 fully saturated rings. The highest BCUT2D eigenvalue weighted by atomic mass is 32.2. The minimum atomic E-state index is 0.382. The van der Waals surface area contributed by atoms with Crippen LogP contribution in [0.15, 0.2) is 6.07 Å². The summed E-state index contributed by atoms with van der Waals surface area (Å²) in [7, 11) is 1.62. The molecule has 6 heteroatoms. The quantitative estimate of drug-likeness (QED) is 0.801. The van der Waals surface area contributed by atoms with E-state index in [4.69, 9.17) is 10.5 Å². The number of anilines is 2. The van der Waals surface area contributed by atoms with Crippen LogP contribution in [0.2, 0.25) is 0 Å². The monoisotopic (exact) mass is 254 g/mol. The number of nitrogen functional groups attached to an aromatic ring is 1. The van der Waals surface area contributed by atoms with Crippen molar-refractivity contribution < 1.29 is 4.74 Å². The Morgan fingerprint density at radius 3 is 2.88 bits per heavy atom. The van der Waals surface area contributed by atoms with Crippen molar-refractivity contribution in [2.24, 2.45) is 0 Å². The minimum absolute atomic E-state index is 0.382. The zero-order chi connectivity index (χ0) is 12.3. The predicted molar refractivity (Wildman–Crippen MR) is 71.1 cm³/mol. The van der Waals surface area contributed by atoms with Gasteiger partial charge >= 0.3 is 0 Å². The van der Waals surface area contributed by atoms with Gasteiger partial charge in [-0.3, -0.25) is 0 Å². The van der Waals surface area contributed by atoms with Gasteiger partial charge in [0.1, 0.15) is 18.2 Å². The van der Waals surface area contributed by atoms with Gasteiger partial charge in [0.15, 0.2) is 5.82 Å². The molecule has 94 valence electrons. The molecule has 0 unspecified atom stereocenters. The van der Waals surface area contributed by atoms with Crippen molar-refractivity contribution in [2.45, 2.75) is 24.2 Å². The van der Waals surface area contributed by atoms with Crippen molar-refractivity contribution in [3.05, 3.63) is 11.9 Å². The molecule has 0 aliphatic heterocycles. The molecule has 0 atom stereocenters. The Morgan fingerprint density at radius 1 is 1.53 bits per heavy atom. The summed E-state index contributed by atoms with van der Waals surface area (Å²) in [6.07, 6.45) is 4.69. The first-order valence-corrected chi connectivity index (χ1v) is 6.81. The second-order valence-electron chi connectivity index (χ2n) is 4.27. The summed E-state index contributed by atoms with van der Waals surface area (Å²) in [6.45, 7) is 1.31. The molecule has 2 rings (SSSR count). The van der Waals surface area contributed by atoms with E-state index in [1.807, 2.05) is 11.8 Å².